The molecule has 0 amide bonds. The van der Waals surface area contributed by atoms with E-state index in [1.807, 2.05) is 0 Å². The summed E-state index contributed by atoms with van der Waals surface area (Å²) in [6.45, 7) is 6.99. The normalized spacial score (nSPS) is 12.8. The average molecular weight is 257 g/mol. The van der Waals surface area contributed by atoms with Gasteiger partial charge in [-0.25, -0.2) is 0 Å². The Morgan fingerprint density at radius 1 is 0.833 bits per heavy atom. The largest absolute Gasteiger partial charge is 0.396 e. The zero-order valence-corrected chi connectivity index (χ0v) is 12.7. The Kier molecular flexibility index (Phi) is 14.9. The Balaban J connectivity index is 2.94. The Morgan fingerprint density at radius 2 is 1.39 bits per heavy atom. The van der Waals surface area contributed by atoms with Crippen molar-refractivity contribution in [2.24, 2.45) is 5.92 Å². The van der Waals surface area contributed by atoms with Gasteiger partial charge in [-0.05, 0) is 38.3 Å². The minimum atomic E-state index is 0.331. The van der Waals surface area contributed by atoms with E-state index < -0.39 is 0 Å². The number of aliphatic hydroxyl groups excluding tert-OH is 1. The van der Waals surface area contributed by atoms with Crippen LogP contribution in [0.25, 0.3) is 0 Å². The van der Waals surface area contributed by atoms with Crippen LogP contribution in [0.1, 0.15) is 78.1 Å². The van der Waals surface area contributed by atoms with Crippen LogP contribution in [0, 0.1) is 5.92 Å². The predicted octanol–water partition coefficient (Wildman–Crippen LogP) is 4.13. The van der Waals surface area contributed by atoms with Gasteiger partial charge in [0.05, 0.1) is 0 Å². The summed E-state index contributed by atoms with van der Waals surface area (Å²) in [7, 11) is 0. The van der Waals surface area contributed by atoms with Crippen molar-refractivity contribution in [1.82, 2.24) is 5.32 Å². The van der Waals surface area contributed by atoms with Gasteiger partial charge in [-0.3, -0.25) is 0 Å². The quantitative estimate of drug-likeness (QED) is 0.459. The molecule has 0 aromatic carbocycles. The second kappa shape index (κ2) is 15.0. The van der Waals surface area contributed by atoms with Gasteiger partial charge in [0.15, 0.2) is 0 Å². The summed E-state index contributed by atoms with van der Waals surface area (Å²) >= 11 is 0. The lowest BCUT2D eigenvalue weighted by molar-refractivity contribution is 0.228. The maximum absolute atomic E-state index is 8.89. The molecule has 0 fully saturated rings. The van der Waals surface area contributed by atoms with Crippen LogP contribution in [0.3, 0.4) is 0 Å². The maximum Gasteiger partial charge on any atom is 0.0456 e. The van der Waals surface area contributed by atoms with E-state index in [4.69, 9.17) is 5.11 Å². The molecule has 0 radical (unpaired) electrons. The lowest BCUT2D eigenvalue weighted by atomic mass is 10.1. The van der Waals surface area contributed by atoms with Gasteiger partial charge >= 0.3 is 0 Å². The molecule has 0 aliphatic carbocycles. The van der Waals surface area contributed by atoms with Crippen LogP contribution < -0.4 is 5.32 Å². The molecule has 0 aliphatic heterocycles. The highest BCUT2D eigenvalue weighted by Crippen LogP contribution is 2.08. The number of unbranched alkanes of at least 4 members (excludes halogenated alkanes) is 7. The molecule has 2 N–H and O–H groups in total. The number of hydrogen-bond acceptors (Lipinski definition) is 2. The molecule has 110 valence electrons. The van der Waals surface area contributed by atoms with E-state index in [9.17, 15) is 0 Å². The van der Waals surface area contributed by atoms with Crippen LogP contribution in [-0.4, -0.2) is 24.8 Å². The van der Waals surface area contributed by atoms with Crippen LogP contribution in [0.15, 0.2) is 0 Å². The second-order valence-corrected chi connectivity index (χ2v) is 5.65. The second-order valence-electron chi connectivity index (χ2n) is 5.65. The van der Waals surface area contributed by atoms with Crippen molar-refractivity contribution in [1.29, 1.82) is 0 Å². The molecular weight excluding hydrogens is 222 g/mol. The first kappa shape index (κ1) is 17.9. The molecule has 0 saturated heterocycles. The van der Waals surface area contributed by atoms with Crippen molar-refractivity contribution in [2.75, 3.05) is 19.7 Å². The molecule has 0 aliphatic rings. The molecule has 1 atom stereocenters. The van der Waals surface area contributed by atoms with Gasteiger partial charge in [-0.15, -0.1) is 0 Å². The highest BCUT2D eigenvalue weighted by molar-refractivity contribution is 4.54. The summed E-state index contributed by atoms with van der Waals surface area (Å²) in [6, 6.07) is 0. The molecule has 2 nitrogen and oxygen atoms in total. The van der Waals surface area contributed by atoms with E-state index in [1.165, 1.54) is 64.3 Å². The fourth-order valence-electron chi connectivity index (χ4n) is 2.18. The highest BCUT2D eigenvalue weighted by atomic mass is 16.3. The maximum atomic E-state index is 8.89. The standard InChI is InChI=1S/C16H35NO/c1-3-4-5-6-7-8-9-10-13-17-14-11-12-16(2)15-18/h16-18H,3-15H2,1-2H3. The van der Waals surface area contributed by atoms with Crippen LogP contribution >= 0.6 is 0 Å². The van der Waals surface area contributed by atoms with Gasteiger partial charge in [0, 0.05) is 6.61 Å². The Hall–Kier alpha value is -0.0800. The SMILES string of the molecule is CCCCCCCCCCNCCCC(C)CO. The molecule has 0 heterocycles. The van der Waals surface area contributed by atoms with Crippen LogP contribution in [0.4, 0.5) is 0 Å². The zero-order chi connectivity index (χ0) is 13.5. The highest BCUT2D eigenvalue weighted by Gasteiger charge is 1.98. The molecule has 0 bridgehead atoms. The first-order valence-electron chi connectivity index (χ1n) is 8.12. The molecule has 2 heteroatoms. The monoisotopic (exact) mass is 257 g/mol. The van der Waals surface area contributed by atoms with Crippen molar-refractivity contribution in [3.8, 4) is 0 Å². The van der Waals surface area contributed by atoms with Gasteiger partial charge in [0.2, 0.25) is 0 Å². The smallest absolute Gasteiger partial charge is 0.0456 e. The Labute approximate surface area is 115 Å². The van der Waals surface area contributed by atoms with Crippen molar-refractivity contribution in [3.63, 3.8) is 0 Å². The van der Waals surface area contributed by atoms with Crippen molar-refractivity contribution in [2.45, 2.75) is 78.1 Å². The average Bonchev–Trinajstić information content (AvgIpc) is 2.39. The first-order valence-corrected chi connectivity index (χ1v) is 8.12. The molecule has 18 heavy (non-hydrogen) atoms. The molecule has 0 saturated carbocycles. The number of aliphatic hydroxyl groups is 1. The minimum Gasteiger partial charge on any atom is -0.396 e. The van der Waals surface area contributed by atoms with E-state index >= 15 is 0 Å². The van der Waals surface area contributed by atoms with E-state index in [0.717, 1.165) is 13.0 Å². The summed E-state index contributed by atoms with van der Waals surface area (Å²) in [6.07, 6.45) is 13.5. The first-order chi connectivity index (χ1) is 8.81. The van der Waals surface area contributed by atoms with E-state index in [1.54, 1.807) is 0 Å². The summed E-state index contributed by atoms with van der Waals surface area (Å²) in [5, 5.41) is 12.4. The number of rotatable bonds is 14. The lowest BCUT2D eigenvalue weighted by Crippen LogP contribution is -2.17. The summed E-state index contributed by atoms with van der Waals surface area (Å²) in [5.74, 6) is 0.468. The van der Waals surface area contributed by atoms with Gasteiger partial charge in [-0.2, -0.15) is 0 Å². The lowest BCUT2D eigenvalue weighted by Gasteiger charge is -2.08. The van der Waals surface area contributed by atoms with Gasteiger partial charge in [-0.1, -0.05) is 58.8 Å². The van der Waals surface area contributed by atoms with Gasteiger partial charge < -0.3 is 10.4 Å². The molecule has 0 aromatic heterocycles. The van der Waals surface area contributed by atoms with E-state index in [-0.39, 0.29) is 0 Å². The van der Waals surface area contributed by atoms with Crippen LogP contribution in [0.2, 0.25) is 0 Å². The Bertz CT molecular complexity index is 150. The minimum absolute atomic E-state index is 0.331. The summed E-state index contributed by atoms with van der Waals surface area (Å²) in [5.41, 5.74) is 0. The molecular formula is C16H35NO. The third-order valence-electron chi connectivity index (χ3n) is 3.57. The molecule has 1 unspecified atom stereocenters. The van der Waals surface area contributed by atoms with Crippen LogP contribution in [-0.2, 0) is 0 Å². The van der Waals surface area contributed by atoms with Crippen molar-refractivity contribution in [3.05, 3.63) is 0 Å². The topological polar surface area (TPSA) is 32.3 Å². The summed E-state index contributed by atoms with van der Waals surface area (Å²) in [4.78, 5) is 0. The van der Waals surface area contributed by atoms with Gasteiger partial charge in [0.1, 0.15) is 0 Å². The van der Waals surface area contributed by atoms with E-state index in [2.05, 4.69) is 19.2 Å². The fourth-order valence-corrected chi connectivity index (χ4v) is 2.18. The third-order valence-corrected chi connectivity index (χ3v) is 3.57. The van der Waals surface area contributed by atoms with E-state index in [0.29, 0.717) is 12.5 Å². The molecule has 0 spiro atoms. The number of nitrogens with one attached hydrogen (secondary N) is 1. The third kappa shape index (κ3) is 14.0. The van der Waals surface area contributed by atoms with Gasteiger partial charge in [0.25, 0.3) is 0 Å². The number of hydrogen-bond donors (Lipinski definition) is 2. The predicted molar refractivity (Wildman–Crippen MR) is 81.0 cm³/mol. The summed E-state index contributed by atoms with van der Waals surface area (Å²) < 4.78 is 0. The fraction of sp³-hybridized carbons (Fsp3) is 1.00. The van der Waals surface area contributed by atoms with Crippen molar-refractivity contribution >= 4 is 0 Å². The van der Waals surface area contributed by atoms with Crippen molar-refractivity contribution < 1.29 is 5.11 Å². The molecule has 0 aromatic rings. The Morgan fingerprint density at radius 3 is 2.00 bits per heavy atom. The van der Waals surface area contributed by atoms with Crippen LogP contribution in [0.5, 0.6) is 0 Å². The zero-order valence-electron chi connectivity index (χ0n) is 12.7. The molecule has 0 rings (SSSR count).